The molecular formula is C9H16BrNO. The van der Waals surface area contributed by atoms with Crippen molar-refractivity contribution >= 4 is 21.8 Å². The Morgan fingerprint density at radius 2 is 2.00 bits per heavy atom. The van der Waals surface area contributed by atoms with Gasteiger partial charge in [0.2, 0.25) is 5.91 Å². The van der Waals surface area contributed by atoms with Gasteiger partial charge in [-0.15, -0.1) is 0 Å². The van der Waals surface area contributed by atoms with E-state index in [0.717, 1.165) is 19.5 Å². The molecule has 1 rings (SSSR count). The van der Waals surface area contributed by atoms with Crippen LogP contribution < -0.4 is 0 Å². The van der Waals surface area contributed by atoms with Gasteiger partial charge in [-0.05, 0) is 27.2 Å². The lowest BCUT2D eigenvalue weighted by Gasteiger charge is -2.22. The molecule has 1 saturated carbocycles. The second kappa shape index (κ2) is 3.36. The number of rotatable bonds is 3. The van der Waals surface area contributed by atoms with E-state index in [1.54, 1.807) is 0 Å². The molecule has 2 atom stereocenters. The largest absolute Gasteiger partial charge is 0.343 e. The SMILES string of the molecule is CCN(CC)C(=O)C1(C)CC1Br. The third-order valence-electron chi connectivity index (χ3n) is 2.67. The zero-order valence-electron chi connectivity index (χ0n) is 7.93. The Hall–Kier alpha value is -0.0500. The van der Waals surface area contributed by atoms with E-state index in [2.05, 4.69) is 15.9 Å². The minimum absolute atomic E-state index is 0.105. The van der Waals surface area contributed by atoms with Crippen LogP contribution >= 0.6 is 15.9 Å². The molecule has 2 nitrogen and oxygen atoms in total. The summed E-state index contributed by atoms with van der Waals surface area (Å²) in [6.07, 6.45) is 0.988. The molecule has 70 valence electrons. The van der Waals surface area contributed by atoms with E-state index in [1.807, 2.05) is 25.7 Å². The van der Waals surface area contributed by atoms with E-state index in [4.69, 9.17) is 0 Å². The number of alkyl halides is 1. The fourth-order valence-corrected chi connectivity index (χ4v) is 2.28. The quantitative estimate of drug-likeness (QED) is 0.684. The highest BCUT2D eigenvalue weighted by Crippen LogP contribution is 2.52. The first-order valence-corrected chi connectivity index (χ1v) is 5.41. The maximum absolute atomic E-state index is 11.8. The number of halogens is 1. The molecule has 3 heteroatoms. The molecule has 12 heavy (non-hydrogen) atoms. The Bertz CT molecular complexity index is 191. The molecule has 1 amide bonds. The van der Waals surface area contributed by atoms with Gasteiger partial charge >= 0.3 is 0 Å². The van der Waals surface area contributed by atoms with Gasteiger partial charge in [0.05, 0.1) is 5.41 Å². The summed E-state index contributed by atoms with van der Waals surface area (Å²) in [5, 5.41) is 0. The van der Waals surface area contributed by atoms with Gasteiger partial charge in [0.1, 0.15) is 0 Å². The molecule has 0 aromatic rings. The number of hydrogen-bond donors (Lipinski definition) is 0. The molecule has 0 radical (unpaired) electrons. The van der Waals surface area contributed by atoms with Crippen LogP contribution in [0, 0.1) is 5.41 Å². The van der Waals surface area contributed by atoms with Crippen LogP contribution in [0.1, 0.15) is 27.2 Å². The van der Waals surface area contributed by atoms with Gasteiger partial charge in [-0.25, -0.2) is 0 Å². The Kier molecular flexibility index (Phi) is 2.81. The van der Waals surface area contributed by atoms with E-state index in [0.29, 0.717) is 10.7 Å². The van der Waals surface area contributed by atoms with Crippen molar-refractivity contribution in [2.45, 2.75) is 32.0 Å². The van der Waals surface area contributed by atoms with Crippen molar-refractivity contribution in [2.75, 3.05) is 13.1 Å². The van der Waals surface area contributed by atoms with Crippen molar-refractivity contribution in [2.24, 2.45) is 5.41 Å². The second-order valence-electron chi connectivity index (χ2n) is 3.57. The van der Waals surface area contributed by atoms with Crippen LogP contribution in [0.15, 0.2) is 0 Å². The van der Waals surface area contributed by atoms with E-state index in [-0.39, 0.29) is 5.41 Å². The van der Waals surface area contributed by atoms with Crippen molar-refractivity contribution in [3.8, 4) is 0 Å². The molecule has 1 fully saturated rings. The molecule has 0 N–H and O–H groups in total. The number of amides is 1. The van der Waals surface area contributed by atoms with Crippen molar-refractivity contribution in [1.29, 1.82) is 0 Å². The van der Waals surface area contributed by atoms with E-state index in [1.165, 1.54) is 0 Å². The highest BCUT2D eigenvalue weighted by atomic mass is 79.9. The van der Waals surface area contributed by atoms with E-state index >= 15 is 0 Å². The van der Waals surface area contributed by atoms with Crippen LogP contribution in [-0.2, 0) is 4.79 Å². The molecule has 0 aromatic heterocycles. The topological polar surface area (TPSA) is 20.3 Å². The number of hydrogen-bond acceptors (Lipinski definition) is 1. The standard InChI is InChI=1S/C9H16BrNO/c1-4-11(5-2)8(12)9(3)6-7(9)10/h7H,4-6H2,1-3H3. The summed E-state index contributed by atoms with van der Waals surface area (Å²) in [6, 6.07) is 0. The predicted molar refractivity (Wildman–Crippen MR) is 53.4 cm³/mol. The zero-order valence-corrected chi connectivity index (χ0v) is 9.52. The number of carbonyl (C=O) groups is 1. The first-order valence-electron chi connectivity index (χ1n) is 4.49. The molecule has 0 bridgehead atoms. The third kappa shape index (κ3) is 1.51. The van der Waals surface area contributed by atoms with Crippen molar-refractivity contribution in [3.63, 3.8) is 0 Å². The predicted octanol–water partition coefficient (Wildman–Crippen LogP) is 2.03. The van der Waals surface area contributed by atoms with Gasteiger partial charge in [0.15, 0.2) is 0 Å². The van der Waals surface area contributed by atoms with Crippen molar-refractivity contribution in [1.82, 2.24) is 4.90 Å². The van der Waals surface area contributed by atoms with Crippen molar-refractivity contribution < 1.29 is 4.79 Å². The first-order chi connectivity index (χ1) is 5.56. The monoisotopic (exact) mass is 233 g/mol. The van der Waals surface area contributed by atoms with Gasteiger partial charge in [0.25, 0.3) is 0 Å². The van der Waals surface area contributed by atoms with Crippen LogP contribution in [0.3, 0.4) is 0 Å². The molecule has 0 aliphatic heterocycles. The summed E-state index contributed by atoms with van der Waals surface area (Å²) in [7, 11) is 0. The van der Waals surface area contributed by atoms with Crippen LogP contribution in [0.4, 0.5) is 0 Å². The Balaban J connectivity index is 2.58. The van der Waals surface area contributed by atoms with Gasteiger partial charge in [-0.3, -0.25) is 4.79 Å². The summed E-state index contributed by atoms with van der Waals surface area (Å²) in [4.78, 5) is 14.1. The minimum Gasteiger partial charge on any atom is -0.343 e. The highest BCUT2D eigenvalue weighted by Gasteiger charge is 2.55. The Morgan fingerprint density at radius 3 is 2.25 bits per heavy atom. The van der Waals surface area contributed by atoms with Gasteiger partial charge in [0, 0.05) is 17.9 Å². The maximum Gasteiger partial charge on any atom is 0.229 e. The van der Waals surface area contributed by atoms with Crippen molar-refractivity contribution in [3.05, 3.63) is 0 Å². The molecular weight excluding hydrogens is 218 g/mol. The smallest absolute Gasteiger partial charge is 0.229 e. The second-order valence-corrected chi connectivity index (χ2v) is 4.67. The summed E-state index contributed by atoms with van der Waals surface area (Å²) in [5.41, 5.74) is -0.105. The average molecular weight is 234 g/mol. The van der Waals surface area contributed by atoms with Gasteiger partial charge in [-0.1, -0.05) is 15.9 Å². The summed E-state index contributed by atoms with van der Waals surface area (Å²) >= 11 is 3.48. The fourth-order valence-electron chi connectivity index (χ4n) is 1.41. The van der Waals surface area contributed by atoms with E-state index < -0.39 is 0 Å². The lowest BCUT2D eigenvalue weighted by atomic mass is 10.1. The number of carbonyl (C=O) groups excluding carboxylic acids is 1. The average Bonchev–Trinajstić information content (AvgIpc) is 2.64. The fraction of sp³-hybridized carbons (Fsp3) is 0.889. The van der Waals surface area contributed by atoms with E-state index in [9.17, 15) is 4.79 Å². The number of nitrogens with zero attached hydrogens (tertiary/aromatic N) is 1. The molecule has 2 unspecified atom stereocenters. The van der Waals surface area contributed by atoms with Crippen LogP contribution in [0.25, 0.3) is 0 Å². The summed E-state index contributed by atoms with van der Waals surface area (Å²) in [6.45, 7) is 7.73. The lowest BCUT2D eigenvalue weighted by molar-refractivity contribution is -0.135. The Morgan fingerprint density at radius 1 is 1.58 bits per heavy atom. The van der Waals surface area contributed by atoms with Crippen LogP contribution in [-0.4, -0.2) is 28.7 Å². The Labute approximate surface area is 82.4 Å². The van der Waals surface area contributed by atoms with Crippen LogP contribution in [0.2, 0.25) is 0 Å². The molecule has 1 aliphatic carbocycles. The third-order valence-corrected chi connectivity index (χ3v) is 4.01. The normalized spacial score (nSPS) is 33.2. The first kappa shape index (κ1) is 10.0. The summed E-state index contributed by atoms with van der Waals surface area (Å²) in [5.74, 6) is 0.300. The molecule has 0 saturated heterocycles. The minimum atomic E-state index is -0.105. The summed E-state index contributed by atoms with van der Waals surface area (Å²) < 4.78 is 0. The van der Waals surface area contributed by atoms with Gasteiger partial charge in [-0.2, -0.15) is 0 Å². The lowest BCUT2D eigenvalue weighted by Crippen LogP contribution is -2.36. The van der Waals surface area contributed by atoms with Crippen LogP contribution in [0.5, 0.6) is 0 Å². The molecule has 0 spiro atoms. The molecule has 0 heterocycles. The molecule has 1 aliphatic rings. The maximum atomic E-state index is 11.8. The van der Waals surface area contributed by atoms with Gasteiger partial charge < -0.3 is 4.90 Å². The molecule has 0 aromatic carbocycles. The highest BCUT2D eigenvalue weighted by molar-refractivity contribution is 9.09. The zero-order chi connectivity index (χ0) is 9.35.